The van der Waals surface area contributed by atoms with Gasteiger partial charge in [0.25, 0.3) is 0 Å². The molecule has 0 saturated carbocycles. The van der Waals surface area contributed by atoms with Crippen molar-refractivity contribution in [2.45, 2.75) is 39.3 Å². The molecule has 0 spiro atoms. The molecule has 2 atom stereocenters. The van der Waals surface area contributed by atoms with Crippen molar-refractivity contribution < 1.29 is 24.0 Å². The largest absolute Gasteiger partial charge is 0.478 e. The minimum absolute atomic E-state index is 0.113. The highest BCUT2D eigenvalue weighted by molar-refractivity contribution is 5.89. The van der Waals surface area contributed by atoms with Gasteiger partial charge in [0.2, 0.25) is 11.8 Å². The van der Waals surface area contributed by atoms with E-state index in [-0.39, 0.29) is 23.1 Å². The maximum absolute atomic E-state index is 13.0. The monoisotopic (exact) mass is 317 g/mol. The third kappa shape index (κ3) is 6.21. The lowest BCUT2D eigenvalue weighted by atomic mass is 10.1. The van der Waals surface area contributed by atoms with Gasteiger partial charge in [-0.1, -0.05) is 13.0 Å². The summed E-state index contributed by atoms with van der Waals surface area (Å²) in [6.45, 7) is 4.65. The summed E-state index contributed by atoms with van der Waals surface area (Å²) in [6, 6.07) is -1.78. The average molecular weight is 317 g/mol. The Morgan fingerprint density at radius 3 is 2.27 bits per heavy atom. The minimum atomic E-state index is -1.05. The lowest BCUT2D eigenvalue weighted by Crippen LogP contribution is -2.51. The fourth-order valence-corrected chi connectivity index (χ4v) is 1.51. The fourth-order valence-electron chi connectivity index (χ4n) is 1.51. The van der Waals surface area contributed by atoms with Crippen LogP contribution >= 0.6 is 0 Å². The van der Waals surface area contributed by atoms with E-state index < -0.39 is 24.0 Å². The van der Waals surface area contributed by atoms with Crippen LogP contribution in [0.1, 0.15) is 27.2 Å². The molecule has 7 nitrogen and oxygen atoms in total. The van der Waals surface area contributed by atoms with Gasteiger partial charge in [-0.05, 0) is 20.3 Å². The second-order valence-electron chi connectivity index (χ2n) is 5.08. The van der Waals surface area contributed by atoms with Gasteiger partial charge >= 0.3 is 5.97 Å². The zero-order valence-corrected chi connectivity index (χ0v) is 13.6. The van der Waals surface area contributed by atoms with Gasteiger partial charge in [-0.3, -0.25) is 9.59 Å². The Labute approximate surface area is 129 Å². The van der Waals surface area contributed by atoms with Crippen molar-refractivity contribution in [3.05, 3.63) is 11.6 Å². The van der Waals surface area contributed by atoms with Crippen molar-refractivity contribution in [1.82, 2.24) is 15.3 Å². The molecule has 0 aromatic rings. The van der Waals surface area contributed by atoms with Crippen molar-refractivity contribution in [2.24, 2.45) is 0 Å². The standard InChI is InChI=1S/C14H24FN3O4/c1-6-11(16-12(19)10(3)18(5)15)13(20)17(4)8-7-9(2)14(21)22/h7,10-11H,6,8H2,1-5H3,(H,16,19)(H,21,22)/b9-7+. The van der Waals surface area contributed by atoms with Crippen molar-refractivity contribution in [2.75, 3.05) is 20.6 Å². The van der Waals surface area contributed by atoms with Crippen LogP contribution in [0.5, 0.6) is 0 Å². The molecule has 0 rings (SSSR count). The molecule has 2 unspecified atom stereocenters. The van der Waals surface area contributed by atoms with E-state index in [2.05, 4.69) is 5.32 Å². The Bertz CT molecular complexity index is 451. The van der Waals surface area contributed by atoms with Crippen molar-refractivity contribution in [3.63, 3.8) is 0 Å². The summed E-state index contributed by atoms with van der Waals surface area (Å²) < 4.78 is 13.0. The number of carboxylic acids is 1. The number of nitrogens with one attached hydrogen (secondary N) is 1. The number of carboxylic acid groups (broad SMARTS) is 1. The van der Waals surface area contributed by atoms with Gasteiger partial charge in [0.05, 0.1) is 0 Å². The lowest BCUT2D eigenvalue weighted by molar-refractivity contribution is -0.138. The Balaban J connectivity index is 4.74. The first-order valence-electron chi connectivity index (χ1n) is 6.95. The Kier molecular flexibility index (Phi) is 8.32. The van der Waals surface area contributed by atoms with Crippen LogP contribution in [0.4, 0.5) is 4.48 Å². The number of hydrogen-bond acceptors (Lipinski definition) is 4. The summed E-state index contributed by atoms with van der Waals surface area (Å²) in [4.78, 5) is 36.0. The predicted octanol–water partition coefficient (Wildman–Crippen LogP) is 0.575. The van der Waals surface area contributed by atoms with Crippen LogP contribution in [0, 0.1) is 0 Å². The summed E-state index contributed by atoms with van der Waals surface area (Å²) in [5.74, 6) is -2.00. The highest BCUT2D eigenvalue weighted by atomic mass is 19.2. The number of amides is 2. The average Bonchev–Trinajstić information content (AvgIpc) is 2.47. The van der Waals surface area contributed by atoms with Gasteiger partial charge in [0, 0.05) is 26.2 Å². The van der Waals surface area contributed by atoms with Gasteiger partial charge in [-0.25, -0.2) is 4.79 Å². The first kappa shape index (κ1) is 20.0. The van der Waals surface area contributed by atoms with Crippen LogP contribution in [-0.4, -0.2) is 65.6 Å². The highest BCUT2D eigenvalue weighted by Gasteiger charge is 2.26. The van der Waals surface area contributed by atoms with Gasteiger partial charge in [0.15, 0.2) is 0 Å². The molecule has 0 heterocycles. The smallest absolute Gasteiger partial charge is 0.331 e. The molecular weight excluding hydrogens is 293 g/mol. The van der Waals surface area contributed by atoms with E-state index in [0.717, 1.165) is 7.05 Å². The van der Waals surface area contributed by atoms with E-state index in [1.165, 1.54) is 31.9 Å². The van der Waals surface area contributed by atoms with Crippen LogP contribution in [0.3, 0.4) is 0 Å². The number of halogens is 1. The van der Waals surface area contributed by atoms with E-state index >= 15 is 0 Å². The third-order valence-electron chi connectivity index (χ3n) is 3.32. The summed E-state index contributed by atoms with van der Waals surface area (Å²) in [7, 11) is 2.63. The summed E-state index contributed by atoms with van der Waals surface area (Å²) in [5.41, 5.74) is 0.129. The first-order chi connectivity index (χ1) is 10.1. The second kappa shape index (κ2) is 9.14. The normalized spacial score (nSPS) is 14.4. The maximum Gasteiger partial charge on any atom is 0.331 e. The van der Waals surface area contributed by atoms with Crippen LogP contribution in [0.15, 0.2) is 11.6 Å². The van der Waals surface area contributed by atoms with Crippen LogP contribution in [-0.2, 0) is 14.4 Å². The summed E-state index contributed by atoms with van der Waals surface area (Å²) in [5, 5.41) is 11.5. The first-order valence-corrected chi connectivity index (χ1v) is 6.95. The molecule has 0 aliphatic rings. The molecule has 0 fully saturated rings. The van der Waals surface area contributed by atoms with Crippen molar-refractivity contribution in [3.8, 4) is 0 Å². The molecule has 0 radical (unpaired) electrons. The number of hydrogen-bond donors (Lipinski definition) is 2. The highest BCUT2D eigenvalue weighted by Crippen LogP contribution is 2.03. The van der Waals surface area contributed by atoms with Gasteiger partial charge in [-0.2, -0.15) is 0 Å². The van der Waals surface area contributed by atoms with Crippen LogP contribution < -0.4 is 5.32 Å². The van der Waals surface area contributed by atoms with Gasteiger partial charge in [0.1, 0.15) is 12.1 Å². The third-order valence-corrected chi connectivity index (χ3v) is 3.32. The predicted molar refractivity (Wildman–Crippen MR) is 79.6 cm³/mol. The zero-order valence-electron chi connectivity index (χ0n) is 13.6. The number of rotatable bonds is 8. The van der Waals surface area contributed by atoms with Crippen molar-refractivity contribution in [1.29, 1.82) is 0 Å². The molecule has 0 bridgehead atoms. The molecule has 22 heavy (non-hydrogen) atoms. The zero-order chi connectivity index (χ0) is 17.4. The molecular formula is C14H24FN3O4. The van der Waals surface area contributed by atoms with Gasteiger partial charge < -0.3 is 15.3 Å². The number of carbonyl (C=O) groups excluding carboxylic acids is 2. The van der Waals surface area contributed by atoms with Crippen LogP contribution in [0.2, 0.25) is 0 Å². The molecule has 8 heteroatoms. The molecule has 126 valence electrons. The minimum Gasteiger partial charge on any atom is -0.478 e. The topological polar surface area (TPSA) is 90.0 Å². The molecule has 0 aromatic carbocycles. The lowest BCUT2D eigenvalue weighted by Gasteiger charge is -2.24. The number of carbonyl (C=O) groups is 3. The summed E-state index contributed by atoms with van der Waals surface area (Å²) in [6.07, 6.45) is 1.76. The maximum atomic E-state index is 13.0. The van der Waals surface area contributed by atoms with E-state index in [0.29, 0.717) is 6.42 Å². The molecule has 0 aliphatic carbocycles. The Morgan fingerprint density at radius 1 is 1.32 bits per heavy atom. The van der Waals surface area contributed by atoms with Gasteiger partial charge in [-0.15, -0.1) is 9.60 Å². The fraction of sp³-hybridized carbons (Fsp3) is 0.643. The number of nitrogens with zero attached hydrogens (tertiary/aromatic N) is 2. The summed E-state index contributed by atoms with van der Waals surface area (Å²) >= 11 is 0. The second-order valence-corrected chi connectivity index (χ2v) is 5.08. The number of aliphatic carboxylic acids is 1. The molecule has 0 saturated heterocycles. The quantitative estimate of drug-likeness (QED) is 0.505. The Morgan fingerprint density at radius 2 is 1.86 bits per heavy atom. The van der Waals surface area contributed by atoms with Crippen LogP contribution in [0.25, 0.3) is 0 Å². The van der Waals surface area contributed by atoms with E-state index in [1.807, 2.05) is 0 Å². The SMILES string of the molecule is CCC(NC(=O)C(C)N(C)F)C(=O)N(C)C/C=C(\C)C(=O)O. The molecule has 0 aliphatic heterocycles. The van der Waals surface area contributed by atoms with E-state index in [4.69, 9.17) is 5.11 Å². The molecule has 0 aromatic heterocycles. The molecule has 2 amide bonds. The van der Waals surface area contributed by atoms with E-state index in [1.54, 1.807) is 6.92 Å². The Hall–Kier alpha value is -1.96. The van der Waals surface area contributed by atoms with Crippen molar-refractivity contribution >= 4 is 17.8 Å². The molecule has 2 N–H and O–H groups in total. The number of likely N-dealkylation sites (N-methyl/N-ethyl adjacent to an activating group) is 2. The van der Waals surface area contributed by atoms with E-state index in [9.17, 15) is 18.9 Å².